The Morgan fingerprint density at radius 3 is 2.48 bits per heavy atom. The first kappa shape index (κ1) is 20.1. The lowest BCUT2D eigenvalue weighted by atomic mass is 10.2. The van der Waals surface area contributed by atoms with Crippen LogP contribution in [0.15, 0.2) is 42.6 Å². The summed E-state index contributed by atoms with van der Waals surface area (Å²) in [6.07, 6.45) is 1.71. The predicted octanol–water partition coefficient (Wildman–Crippen LogP) is 3.35. The van der Waals surface area contributed by atoms with Crippen LogP contribution in [0.5, 0.6) is 0 Å². The number of hydrogen-bond donors (Lipinski definition) is 3. The molecule has 150 valence electrons. The third kappa shape index (κ3) is 5.68. The van der Waals surface area contributed by atoms with E-state index >= 15 is 0 Å². The number of hydrogen-bond acceptors (Lipinski definition) is 6. The molecule has 0 aliphatic heterocycles. The molecule has 0 fully saturated rings. The number of aryl methyl sites for hydroxylation is 2. The summed E-state index contributed by atoms with van der Waals surface area (Å²) in [4.78, 5) is 24.9. The van der Waals surface area contributed by atoms with Crippen LogP contribution >= 0.6 is 0 Å². The molecule has 7 nitrogen and oxygen atoms in total. The quantitative estimate of drug-likeness (QED) is 0.529. The van der Waals surface area contributed by atoms with E-state index in [1.165, 1.54) is 6.07 Å². The zero-order valence-electron chi connectivity index (χ0n) is 16.0. The molecular weight excluding hydrogens is 378 g/mol. The molecule has 2 aromatic heterocycles. The first-order valence-electron chi connectivity index (χ1n) is 8.93. The van der Waals surface area contributed by atoms with Gasteiger partial charge in [0.05, 0.1) is 0 Å². The summed E-state index contributed by atoms with van der Waals surface area (Å²) in [5.41, 5.74) is 1.13. The molecular formula is C20H20F2N6O. The summed E-state index contributed by atoms with van der Waals surface area (Å²) in [5, 5.41) is 8.85. The second-order valence-electron chi connectivity index (χ2n) is 6.34. The standard InChI is InChI=1S/C20H20F2N6O/c1-12-5-6-23-17(9-12)28-19-11-18(26-13(2)27-19)24-7-8-25-20(29)14-3-4-15(21)16(22)10-14/h3-6,9-11H,7-8H2,1-2H3,(H,25,29)(H2,23,24,26,27,28). The van der Waals surface area contributed by atoms with Gasteiger partial charge in [0.15, 0.2) is 11.6 Å². The number of nitrogens with zero attached hydrogens (tertiary/aromatic N) is 3. The maximum absolute atomic E-state index is 13.2. The largest absolute Gasteiger partial charge is 0.368 e. The zero-order chi connectivity index (χ0) is 20.8. The Balaban J connectivity index is 1.54. The monoisotopic (exact) mass is 398 g/mol. The lowest BCUT2D eigenvalue weighted by Crippen LogP contribution is -2.29. The topological polar surface area (TPSA) is 91.8 Å². The van der Waals surface area contributed by atoms with Crippen LogP contribution in [0.1, 0.15) is 21.7 Å². The minimum Gasteiger partial charge on any atom is -0.368 e. The molecule has 0 unspecified atom stereocenters. The number of anilines is 3. The van der Waals surface area contributed by atoms with Crippen LogP contribution in [0.3, 0.4) is 0 Å². The van der Waals surface area contributed by atoms with Crippen LogP contribution < -0.4 is 16.0 Å². The number of carbonyl (C=O) groups excluding carboxylic acids is 1. The van der Waals surface area contributed by atoms with Crippen LogP contribution in [0, 0.1) is 25.5 Å². The van der Waals surface area contributed by atoms with Crippen molar-refractivity contribution in [3.8, 4) is 0 Å². The van der Waals surface area contributed by atoms with Crippen molar-refractivity contribution in [2.75, 3.05) is 23.7 Å². The van der Waals surface area contributed by atoms with Crippen LogP contribution in [-0.2, 0) is 0 Å². The van der Waals surface area contributed by atoms with Gasteiger partial charge in [-0.25, -0.2) is 23.7 Å². The minimum absolute atomic E-state index is 0.0546. The van der Waals surface area contributed by atoms with E-state index in [4.69, 9.17) is 0 Å². The van der Waals surface area contributed by atoms with E-state index in [0.717, 1.165) is 17.7 Å². The van der Waals surface area contributed by atoms with Crippen molar-refractivity contribution in [3.05, 3.63) is 71.2 Å². The Hall–Kier alpha value is -3.62. The van der Waals surface area contributed by atoms with Crippen molar-refractivity contribution in [3.63, 3.8) is 0 Å². The second kappa shape index (κ2) is 9.05. The fourth-order valence-electron chi connectivity index (χ4n) is 2.56. The van der Waals surface area contributed by atoms with Crippen molar-refractivity contribution in [1.82, 2.24) is 20.3 Å². The van der Waals surface area contributed by atoms with Gasteiger partial charge >= 0.3 is 0 Å². The van der Waals surface area contributed by atoms with Gasteiger partial charge in [0.2, 0.25) is 0 Å². The summed E-state index contributed by atoms with van der Waals surface area (Å²) < 4.78 is 26.2. The first-order valence-corrected chi connectivity index (χ1v) is 8.93. The van der Waals surface area contributed by atoms with Gasteiger partial charge in [-0.1, -0.05) is 0 Å². The summed E-state index contributed by atoms with van der Waals surface area (Å²) in [5.74, 6) is -0.136. The van der Waals surface area contributed by atoms with E-state index < -0.39 is 17.5 Å². The number of aromatic nitrogens is 3. The smallest absolute Gasteiger partial charge is 0.251 e. The van der Waals surface area contributed by atoms with Crippen LogP contribution in [0.2, 0.25) is 0 Å². The molecule has 0 saturated carbocycles. The van der Waals surface area contributed by atoms with Crippen molar-refractivity contribution in [2.45, 2.75) is 13.8 Å². The average Bonchev–Trinajstić information content (AvgIpc) is 2.67. The molecule has 0 radical (unpaired) electrons. The van der Waals surface area contributed by atoms with Gasteiger partial charge < -0.3 is 16.0 Å². The molecule has 0 saturated heterocycles. The molecule has 0 aliphatic carbocycles. The van der Waals surface area contributed by atoms with Crippen molar-refractivity contribution >= 4 is 23.4 Å². The fraction of sp³-hybridized carbons (Fsp3) is 0.200. The number of amides is 1. The van der Waals surface area contributed by atoms with Crippen molar-refractivity contribution in [2.24, 2.45) is 0 Å². The highest BCUT2D eigenvalue weighted by Gasteiger charge is 2.09. The summed E-state index contributed by atoms with van der Waals surface area (Å²) in [7, 11) is 0. The van der Waals surface area contributed by atoms with Crippen LogP contribution in [0.4, 0.5) is 26.2 Å². The number of nitrogens with one attached hydrogen (secondary N) is 3. The van der Waals surface area contributed by atoms with Crippen LogP contribution in [-0.4, -0.2) is 33.9 Å². The first-order chi connectivity index (χ1) is 13.9. The maximum atomic E-state index is 13.2. The Labute approximate surface area is 166 Å². The highest BCUT2D eigenvalue weighted by atomic mass is 19.2. The molecule has 3 rings (SSSR count). The second-order valence-corrected chi connectivity index (χ2v) is 6.34. The zero-order valence-corrected chi connectivity index (χ0v) is 16.0. The van der Waals surface area contributed by atoms with E-state index in [2.05, 4.69) is 30.9 Å². The molecule has 1 amide bonds. The SMILES string of the molecule is Cc1ccnc(Nc2cc(NCCNC(=O)c3ccc(F)c(F)c3)nc(C)n2)c1. The Bertz CT molecular complexity index is 1030. The molecule has 9 heteroatoms. The number of carbonyl (C=O) groups is 1. The molecule has 0 atom stereocenters. The molecule has 2 heterocycles. The number of halogens is 2. The normalized spacial score (nSPS) is 10.5. The molecule has 0 aliphatic rings. The number of benzene rings is 1. The minimum atomic E-state index is -1.06. The Morgan fingerprint density at radius 1 is 0.931 bits per heavy atom. The van der Waals surface area contributed by atoms with Crippen LogP contribution in [0.25, 0.3) is 0 Å². The Kier molecular flexibility index (Phi) is 6.28. The molecule has 29 heavy (non-hydrogen) atoms. The van der Waals surface area contributed by atoms with E-state index in [0.29, 0.717) is 29.8 Å². The molecule has 0 spiro atoms. The van der Waals surface area contributed by atoms with Gasteiger partial charge in [-0.3, -0.25) is 4.79 Å². The molecule has 1 aromatic carbocycles. The third-order valence-corrected chi connectivity index (χ3v) is 3.91. The summed E-state index contributed by atoms with van der Waals surface area (Å²) in [6.45, 7) is 4.39. The maximum Gasteiger partial charge on any atom is 0.251 e. The van der Waals surface area contributed by atoms with E-state index in [1.807, 2.05) is 19.1 Å². The van der Waals surface area contributed by atoms with E-state index in [1.54, 1.807) is 19.2 Å². The molecule has 3 aromatic rings. The Morgan fingerprint density at radius 2 is 1.72 bits per heavy atom. The predicted molar refractivity (Wildman–Crippen MR) is 106 cm³/mol. The lowest BCUT2D eigenvalue weighted by molar-refractivity contribution is 0.0954. The van der Waals surface area contributed by atoms with E-state index in [-0.39, 0.29) is 12.1 Å². The highest BCUT2D eigenvalue weighted by Crippen LogP contribution is 2.16. The third-order valence-electron chi connectivity index (χ3n) is 3.91. The highest BCUT2D eigenvalue weighted by molar-refractivity contribution is 5.94. The number of rotatable bonds is 7. The summed E-state index contributed by atoms with van der Waals surface area (Å²) in [6, 6.07) is 8.55. The van der Waals surface area contributed by atoms with Gasteiger partial charge in [-0.15, -0.1) is 0 Å². The van der Waals surface area contributed by atoms with Crippen molar-refractivity contribution < 1.29 is 13.6 Å². The van der Waals surface area contributed by atoms with Crippen molar-refractivity contribution in [1.29, 1.82) is 0 Å². The molecule has 3 N–H and O–H groups in total. The van der Waals surface area contributed by atoms with Gasteiger partial charge in [0.25, 0.3) is 5.91 Å². The number of pyridine rings is 1. The fourth-order valence-corrected chi connectivity index (χ4v) is 2.56. The van der Waals surface area contributed by atoms with Gasteiger partial charge in [-0.05, 0) is 49.7 Å². The summed E-state index contributed by atoms with van der Waals surface area (Å²) >= 11 is 0. The average molecular weight is 398 g/mol. The molecule has 0 bridgehead atoms. The van der Waals surface area contributed by atoms with Gasteiger partial charge in [-0.2, -0.15) is 0 Å². The van der Waals surface area contributed by atoms with E-state index in [9.17, 15) is 13.6 Å². The lowest BCUT2D eigenvalue weighted by Gasteiger charge is -2.11. The van der Waals surface area contributed by atoms with Gasteiger partial charge in [0.1, 0.15) is 23.3 Å². The van der Waals surface area contributed by atoms with Gasteiger partial charge in [0, 0.05) is 30.9 Å².